The van der Waals surface area contributed by atoms with E-state index in [1.165, 1.54) is 24.3 Å². The molecule has 2 aromatic heterocycles. The number of aliphatic hydroxyl groups is 1. The molecule has 0 saturated carbocycles. The molecule has 0 aliphatic heterocycles. The Morgan fingerprint density at radius 2 is 1.41 bits per heavy atom. The highest BCUT2D eigenvalue weighted by Crippen LogP contribution is 2.38. The van der Waals surface area contributed by atoms with Crippen molar-refractivity contribution in [2.45, 2.75) is 12.8 Å². The SMILES string of the molecule is Cc1ccc2oc(=O)c(C(CO)c3c(O)c4cc(Cl)ccc4oc3=O)c(O)c2c1. The summed E-state index contributed by atoms with van der Waals surface area (Å²) in [5.74, 6) is -2.32. The lowest BCUT2D eigenvalue weighted by Gasteiger charge is -2.17. The van der Waals surface area contributed by atoms with Crippen LogP contribution in [0.15, 0.2) is 54.8 Å². The van der Waals surface area contributed by atoms with E-state index >= 15 is 0 Å². The van der Waals surface area contributed by atoms with Crippen LogP contribution in [0.3, 0.4) is 0 Å². The first-order chi connectivity index (χ1) is 13.8. The Bertz CT molecular complexity index is 1280. The molecule has 0 bridgehead atoms. The Balaban J connectivity index is 2.05. The molecule has 2 aromatic carbocycles. The molecule has 0 aliphatic rings. The maximum Gasteiger partial charge on any atom is 0.343 e. The fourth-order valence-corrected chi connectivity index (χ4v) is 3.60. The second-order valence-electron chi connectivity index (χ2n) is 6.68. The molecule has 0 aliphatic carbocycles. The molecule has 1 unspecified atom stereocenters. The molecule has 0 saturated heterocycles. The van der Waals surface area contributed by atoms with E-state index in [1.54, 1.807) is 19.1 Å². The van der Waals surface area contributed by atoms with Gasteiger partial charge < -0.3 is 24.2 Å². The van der Waals surface area contributed by atoms with Gasteiger partial charge in [-0.25, -0.2) is 9.59 Å². The summed E-state index contributed by atoms with van der Waals surface area (Å²) < 4.78 is 10.5. The van der Waals surface area contributed by atoms with Crippen molar-refractivity contribution in [2.24, 2.45) is 0 Å². The number of halogens is 1. The van der Waals surface area contributed by atoms with Gasteiger partial charge in [0.2, 0.25) is 0 Å². The fourth-order valence-electron chi connectivity index (χ4n) is 3.43. The van der Waals surface area contributed by atoms with Gasteiger partial charge in [-0.3, -0.25) is 0 Å². The lowest BCUT2D eigenvalue weighted by atomic mass is 9.91. The normalized spacial score (nSPS) is 12.5. The van der Waals surface area contributed by atoms with Crippen LogP contribution < -0.4 is 11.3 Å². The molecule has 0 fully saturated rings. The van der Waals surface area contributed by atoms with Gasteiger partial charge in [0.1, 0.15) is 22.7 Å². The van der Waals surface area contributed by atoms with Gasteiger partial charge in [0.05, 0.1) is 34.4 Å². The van der Waals surface area contributed by atoms with Crippen molar-refractivity contribution < 1.29 is 24.2 Å². The van der Waals surface area contributed by atoms with Crippen LogP contribution in [-0.2, 0) is 0 Å². The molecule has 8 heteroatoms. The molecule has 1 atom stereocenters. The van der Waals surface area contributed by atoms with Crippen LogP contribution in [-0.4, -0.2) is 21.9 Å². The van der Waals surface area contributed by atoms with Gasteiger partial charge >= 0.3 is 11.3 Å². The monoisotopic (exact) mass is 414 g/mol. The van der Waals surface area contributed by atoms with Gasteiger partial charge in [-0.15, -0.1) is 0 Å². The number of hydrogen-bond donors (Lipinski definition) is 3. The van der Waals surface area contributed by atoms with Crippen LogP contribution in [0.25, 0.3) is 21.9 Å². The third-order valence-corrected chi connectivity index (χ3v) is 5.06. The first-order valence-electron chi connectivity index (χ1n) is 8.64. The Hall–Kier alpha value is -3.29. The number of hydrogen-bond acceptors (Lipinski definition) is 7. The summed E-state index contributed by atoms with van der Waals surface area (Å²) in [4.78, 5) is 25.1. The predicted molar refractivity (Wildman–Crippen MR) is 107 cm³/mol. The Morgan fingerprint density at radius 3 is 1.97 bits per heavy atom. The summed E-state index contributed by atoms with van der Waals surface area (Å²) >= 11 is 5.96. The first-order valence-corrected chi connectivity index (χ1v) is 9.02. The highest BCUT2D eigenvalue weighted by Gasteiger charge is 2.30. The van der Waals surface area contributed by atoms with Crippen molar-refractivity contribution in [1.82, 2.24) is 0 Å². The molecule has 148 valence electrons. The van der Waals surface area contributed by atoms with Gasteiger partial charge in [0.25, 0.3) is 0 Å². The first kappa shape index (κ1) is 19.0. The minimum atomic E-state index is -1.38. The lowest BCUT2D eigenvalue weighted by molar-refractivity contribution is 0.270. The van der Waals surface area contributed by atoms with Gasteiger partial charge in [-0.1, -0.05) is 23.2 Å². The smallest absolute Gasteiger partial charge is 0.343 e. The van der Waals surface area contributed by atoms with Crippen molar-refractivity contribution in [1.29, 1.82) is 0 Å². The maximum absolute atomic E-state index is 12.6. The predicted octanol–water partition coefficient (Wildman–Crippen LogP) is 3.40. The van der Waals surface area contributed by atoms with E-state index in [9.17, 15) is 24.9 Å². The van der Waals surface area contributed by atoms with Gasteiger partial charge in [0.15, 0.2) is 0 Å². The quantitative estimate of drug-likeness (QED) is 0.439. The fraction of sp³-hybridized carbons (Fsp3) is 0.143. The highest BCUT2D eigenvalue weighted by molar-refractivity contribution is 6.31. The van der Waals surface area contributed by atoms with Gasteiger partial charge in [-0.05, 0) is 37.3 Å². The Kier molecular flexibility index (Phi) is 4.56. The van der Waals surface area contributed by atoms with E-state index in [2.05, 4.69) is 0 Å². The molecule has 0 amide bonds. The molecular weight excluding hydrogens is 400 g/mol. The third kappa shape index (κ3) is 3.04. The van der Waals surface area contributed by atoms with Crippen molar-refractivity contribution >= 4 is 33.5 Å². The van der Waals surface area contributed by atoms with Crippen LogP contribution in [0.5, 0.6) is 11.5 Å². The van der Waals surface area contributed by atoms with Crippen LogP contribution >= 0.6 is 11.6 Å². The van der Waals surface area contributed by atoms with E-state index in [-0.39, 0.29) is 38.1 Å². The molecule has 2 heterocycles. The number of aliphatic hydroxyl groups excluding tert-OH is 1. The van der Waals surface area contributed by atoms with E-state index in [4.69, 9.17) is 20.4 Å². The molecule has 7 nitrogen and oxygen atoms in total. The molecule has 3 N–H and O–H groups in total. The van der Waals surface area contributed by atoms with E-state index in [0.717, 1.165) is 5.56 Å². The summed E-state index contributed by atoms with van der Waals surface area (Å²) in [6, 6.07) is 9.14. The molecule has 4 aromatic rings. The second-order valence-corrected chi connectivity index (χ2v) is 7.12. The lowest BCUT2D eigenvalue weighted by Crippen LogP contribution is -2.22. The van der Waals surface area contributed by atoms with Crippen LogP contribution in [0.4, 0.5) is 0 Å². The summed E-state index contributed by atoms with van der Waals surface area (Å²) in [6.07, 6.45) is 0. The molecule has 0 spiro atoms. The van der Waals surface area contributed by atoms with Crippen LogP contribution in [0.2, 0.25) is 5.02 Å². The number of fused-ring (bicyclic) bond motifs is 2. The molecule has 4 rings (SSSR count). The standard InChI is InChI=1S/C21H15ClO7/c1-9-2-4-14-11(6-9)18(24)16(20(26)28-14)13(8-23)17-19(25)12-7-10(22)3-5-15(12)29-21(17)27/h2-7,13,23-25H,8H2,1H3. The third-order valence-electron chi connectivity index (χ3n) is 4.82. The summed E-state index contributed by atoms with van der Waals surface area (Å²) in [6.45, 7) is 1.03. The molecular formula is C21H15ClO7. The average molecular weight is 415 g/mol. The van der Waals surface area contributed by atoms with Crippen LogP contribution in [0, 0.1) is 6.92 Å². The minimum absolute atomic E-state index is 0.0859. The zero-order valence-electron chi connectivity index (χ0n) is 15.1. The second kappa shape index (κ2) is 6.95. The van der Waals surface area contributed by atoms with Gasteiger partial charge in [-0.2, -0.15) is 0 Å². The maximum atomic E-state index is 12.6. The van der Waals surface area contributed by atoms with E-state index < -0.39 is 35.3 Å². The minimum Gasteiger partial charge on any atom is -0.507 e. The molecule has 0 radical (unpaired) electrons. The van der Waals surface area contributed by atoms with Crippen molar-refractivity contribution in [3.05, 3.63) is 79.0 Å². The topological polar surface area (TPSA) is 121 Å². The summed E-state index contributed by atoms with van der Waals surface area (Å²) in [7, 11) is 0. The van der Waals surface area contributed by atoms with Crippen molar-refractivity contribution in [2.75, 3.05) is 6.61 Å². The summed E-state index contributed by atoms with van der Waals surface area (Å²) in [5.41, 5.74) is -1.59. The van der Waals surface area contributed by atoms with E-state index in [0.29, 0.717) is 0 Å². The zero-order valence-corrected chi connectivity index (χ0v) is 15.9. The average Bonchev–Trinajstić information content (AvgIpc) is 2.68. The Labute approximate surface area is 168 Å². The number of aryl methyl sites for hydroxylation is 1. The number of rotatable bonds is 3. The molecule has 29 heavy (non-hydrogen) atoms. The Morgan fingerprint density at radius 1 is 0.897 bits per heavy atom. The zero-order chi connectivity index (χ0) is 20.9. The van der Waals surface area contributed by atoms with Crippen LogP contribution in [0.1, 0.15) is 22.6 Å². The van der Waals surface area contributed by atoms with Gasteiger partial charge in [0, 0.05) is 5.02 Å². The highest BCUT2D eigenvalue weighted by atomic mass is 35.5. The van der Waals surface area contributed by atoms with E-state index in [1.807, 2.05) is 0 Å². The summed E-state index contributed by atoms with van der Waals surface area (Å²) in [5, 5.41) is 32.1. The largest absolute Gasteiger partial charge is 0.507 e. The van der Waals surface area contributed by atoms with Crippen molar-refractivity contribution in [3.63, 3.8) is 0 Å². The van der Waals surface area contributed by atoms with Crippen molar-refractivity contribution in [3.8, 4) is 11.5 Å². The number of benzene rings is 2. The number of aromatic hydroxyl groups is 2.